The average Bonchev–Trinajstić information content (AvgIpc) is 2.33. The number of nitrogens with two attached hydrogens (primary N) is 1. The van der Waals surface area contributed by atoms with Gasteiger partial charge in [-0.15, -0.1) is 0 Å². The maximum atomic E-state index is 13.7. The highest BCUT2D eigenvalue weighted by Gasteiger charge is 2.06. The standard InChI is InChI=1S/C13H9BrClFN2S/c14-10-5-7(2-4-11(10)15)18-8-1-3-9(13(17)19)12(16)6-8/h1-6,18H,(H2,17,19). The fourth-order valence-corrected chi connectivity index (χ4v) is 2.20. The maximum absolute atomic E-state index is 13.7. The lowest BCUT2D eigenvalue weighted by atomic mass is 10.2. The van der Waals surface area contributed by atoms with Crippen LogP contribution in [0.1, 0.15) is 5.56 Å². The van der Waals surface area contributed by atoms with E-state index >= 15 is 0 Å². The van der Waals surface area contributed by atoms with Gasteiger partial charge >= 0.3 is 0 Å². The van der Waals surface area contributed by atoms with Crippen LogP contribution in [-0.4, -0.2) is 4.99 Å². The fourth-order valence-electron chi connectivity index (χ4n) is 1.53. The highest BCUT2D eigenvalue weighted by atomic mass is 79.9. The molecular weight excluding hydrogens is 351 g/mol. The van der Waals surface area contributed by atoms with Crippen molar-refractivity contribution in [3.63, 3.8) is 0 Å². The summed E-state index contributed by atoms with van der Waals surface area (Å²) in [6.45, 7) is 0. The lowest BCUT2D eigenvalue weighted by Gasteiger charge is -2.09. The molecule has 2 nitrogen and oxygen atoms in total. The van der Waals surface area contributed by atoms with Gasteiger partial charge in [-0.05, 0) is 52.3 Å². The quantitative estimate of drug-likeness (QED) is 0.785. The van der Waals surface area contributed by atoms with Crippen molar-refractivity contribution in [2.75, 3.05) is 5.32 Å². The van der Waals surface area contributed by atoms with Crippen molar-refractivity contribution >= 4 is 56.1 Å². The minimum atomic E-state index is -0.453. The summed E-state index contributed by atoms with van der Waals surface area (Å²) in [4.78, 5) is 0.0401. The third-order valence-corrected chi connectivity index (χ3v) is 3.88. The summed E-state index contributed by atoms with van der Waals surface area (Å²) in [7, 11) is 0. The normalized spacial score (nSPS) is 10.3. The Kier molecular flexibility index (Phi) is 4.39. The second-order valence-electron chi connectivity index (χ2n) is 3.81. The predicted molar refractivity (Wildman–Crippen MR) is 84.7 cm³/mol. The van der Waals surface area contributed by atoms with Crippen LogP contribution >= 0.6 is 39.7 Å². The van der Waals surface area contributed by atoms with Crippen molar-refractivity contribution in [2.45, 2.75) is 0 Å². The van der Waals surface area contributed by atoms with Crippen LogP contribution in [0, 0.1) is 5.82 Å². The minimum Gasteiger partial charge on any atom is -0.389 e. The maximum Gasteiger partial charge on any atom is 0.135 e. The van der Waals surface area contributed by atoms with E-state index in [2.05, 4.69) is 21.2 Å². The second kappa shape index (κ2) is 5.86. The summed E-state index contributed by atoms with van der Waals surface area (Å²) in [6.07, 6.45) is 0. The Morgan fingerprint density at radius 3 is 2.42 bits per heavy atom. The van der Waals surface area contributed by atoms with Crippen molar-refractivity contribution in [1.82, 2.24) is 0 Å². The molecule has 0 atom stereocenters. The zero-order valence-corrected chi connectivity index (χ0v) is 12.7. The molecular formula is C13H9BrClFN2S. The first-order valence-electron chi connectivity index (χ1n) is 5.29. The molecule has 0 bridgehead atoms. The number of thiocarbonyl (C=S) groups is 1. The summed E-state index contributed by atoms with van der Waals surface area (Å²) < 4.78 is 14.5. The Labute approximate surface area is 128 Å². The molecule has 3 N–H and O–H groups in total. The Hall–Kier alpha value is -1.17. The molecule has 2 rings (SSSR count). The van der Waals surface area contributed by atoms with Gasteiger partial charge in [-0.3, -0.25) is 0 Å². The molecule has 6 heteroatoms. The van der Waals surface area contributed by atoms with Crippen LogP contribution < -0.4 is 11.1 Å². The first-order chi connectivity index (χ1) is 8.97. The molecule has 0 saturated heterocycles. The van der Waals surface area contributed by atoms with Gasteiger partial charge in [0.15, 0.2) is 0 Å². The summed E-state index contributed by atoms with van der Waals surface area (Å²) in [5, 5.41) is 3.68. The fraction of sp³-hybridized carbons (Fsp3) is 0. The number of hydrogen-bond donors (Lipinski definition) is 2. The van der Waals surface area contributed by atoms with Crippen molar-refractivity contribution in [3.05, 3.63) is 57.3 Å². The Balaban J connectivity index is 2.26. The van der Waals surface area contributed by atoms with Crippen LogP contribution in [0.25, 0.3) is 0 Å². The molecule has 0 aliphatic rings. The summed E-state index contributed by atoms with van der Waals surface area (Å²) in [5.41, 5.74) is 7.03. The zero-order valence-electron chi connectivity index (χ0n) is 9.58. The molecule has 0 fully saturated rings. The molecule has 0 radical (unpaired) electrons. The molecule has 19 heavy (non-hydrogen) atoms. The lowest BCUT2D eigenvalue weighted by Crippen LogP contribution is -2.11. The molecule has 0 spiro atoms. The molecule has 0 amide bonds. The van der Waals surface area contributed by atoms with Crippen LogP contribution in [0.4, 0.5) is 15.8 Å². The molecule has 98 valence electrons. The van der Waals surface area contributed by atoms with Gasteiger partial charge in [0.25, 0.3) is 0 Å². The van der Waals surface area contributed by atoms with Gasteiger partial charge in [0.05, 0.1) is 5.02 Å². The Morgan fingerprint density at radius 1 is 1.21 bits per heavy atom. The number of benzene rings is 2. The summed E-state index contributed by atoms with van der Waals surface area (Å²) >= 11 is 14.0. The third-order valence-electron chi connectivity index (χ3n) is 2.44. The minimum absolute atomic E-state index is 0.0401. The number of halogens is 3. The van der Waals surface area contributed by atoms with Crippen LogP contribution in [0.2, 0.25) is 5.02 Å². The number of anilines is 2. The van der Waals surface area contributed by atoms with Crippen LogP contribution in [0.5, 0.6) is 0 Å². The average molecular weight is 360 g/mol. The van der Waals surface area contributed by atoms with E-state index in [1.165, 1.54) is 6.07 Å². The van der Waals surface area contributed by atoms with E-state index in [1.807, 2.05) is 6.07 Å². The predicted octanol–water partition coefficient (Wildman–Crippen LogP) is 4.62. The van der Waals surface area contributed by atoms with Crippen molar-refractivity contribution in [1.29, 1.82) is 0 Å². The topological polar surface area (TPSA) is 38.0 Å². The SMILES string of the molecule is NC(=S)c1ccc(Nc2ccc(Cl)c(Br)c2)cc1F. The van der Waals surface area contributed by atoms with Gasteiger partial charge in [0.2, 0.25) is 0 Å². The van der Waals surface area contributed by atoms with Gasteiger partial charge in [-0.25, -0.2) is 4.39 Å². The molecule has 0 saturated carbocycles. The third kappa shape index (κ3) is 3.43. The van der Waals surface area contributed by atoms with E-state index in [1.54, 1.807) is 24.3 Å². The zero-order chi connectivity index (χ0) is 14.0. The first kappa shape index (κ1) is 14.2. The molecule has 2 aromatic carbocycles. The number of nitrogens with one attached hydrogen (secondary N) is 1. The van der Waals surface area contributed by atoms with Crippen LogP contribution in [-0.2, 0) is 0 Å². The van der Waals surface area contributed by atoms with Gasteiger partial charge in [0, 0.05) is 21.4 Å². The molecule has 0 aliphatic carbocycles. The van der Waals surface area contributed by atoms with Crippen molar-refractivity contribution < 1.29 is 4.39 Å². The monoisotopic (exact) mass is 358 g/mol. The van der Waals surface area contributed by atoms with E-state index in [9.17, 15) is 4.39 Å². The van der Waals surface area contributed by atoms with E-state index in [4.69, 9.17) is 29.6 Å². The van der Waals surface area contributed by atoms with Gasteiger partial charge in [-0.1, -0.05) is 23.8 Å². The Bertz CT molecular complexity index is 649. The van der Waals surface area contributed by atoms with Gasteiger partial charge in [-0.2, -0.15) is 0 Å². The van der Waals surface area contributed by atoms with Gasteiger partial charge in [0.1, 0.15) is 10.8 Å². The molecule has 0 aromatic heterocycles. The van der Waals surface area contributed by atoms with Crippen LogP contribution in [0.15, 0.2) is 40.9 Å². The van der Waals surface area contributed by atoms with E-state index in [0.717, 1.165) is 10.2 Å². The summed E-state index contributed by atoms with van der Waals surface area (Å²) in [5.74, 6) is -0.453. The molecule has 0 heterocycles. The van der Waals surface area contributed by atoms with Gasteiger partial charge < -0.3 is 11.1 Å². The molecule has 0 unspecified atom stereocenters. The second-order valence-corrected chi connectivity index (χ2v) is 5.51. The highest BCUT2D eigenvalue weighted by molar-refractivity contribution is 9.10. The van der Waals surface area contributed by atoms with Crippen molar-refractivity contribution in [2.24, 2.45) is 5.73 Å². The molecule has 2 aromatic rings. The molecule has 0 aliphatic heterocycles. The smallest absolute Gasteiger partial charge is 0.135 e. The number of hydrogen-bond acceptors (Lipinski definition) is 2. The van der Waals surface area contributed by atoms with Crippen molar-refractivity contribution in [3.8, 4) is 0 Å². The Morgan fingerprint density at radius 2 is 1.84 bits per heavy atom. The van der Waals surface area contributed by atoms with Crippen LogP contribution in [0.3, 0.4) is 0 Å². The first-order valence-corrected chi connectivity index (χ1v) is 6.87. The van der Waals surface area contributed by atoms with E-state index in [0.29, 0.717) is 10.7 Å². The van der Waals surface area contributed by atoms with E-state index in [-0.39, 0.29) is 10.6 Å². The highest BCUT2D eigenvalue weighted by Crippen LogP contribution is 2.27. The lowest BCUT2D eigenvalue weighted by molar-refractivity contribution is 0.626. The largest absolute Gasteiger partial charge is 0.389 e. The summed E-state index contributed by atoms with van der Waals surface area (Å²) in [6, 6.07) is 9.95. The number of rotatable bonds is 3. The van der Waals surface area contributed by atoms with E-state index < -0.39 is 5.82 Å².